The van der Waals surface area contributed by atoms with Gasteiger partial charge in [0.25, 0.3) is 5.91 Å². The lowest BCUT2D eigenvalue weighted by molar-refractivity contribution is -0.151. The summed E-state index contributed by atoms with van der Waals surface area (Å²) in [5.74, 6) is -1.14. The van der Waals surface area contributed by atoms with E-state index in [1.54, 1.807) is 34.6 Å². The van der Waals surface area contributed by atoms with E-state index in [-0.39, 0.29) is 23.4 Å². The van der Waals surface area contributed by atoms with Gasteiger partial charge in [-0.2, -0.15) is 13.2 Å². The number of hydrogen-bond donors (Lipinski definition) is 2. The molecule has 2 amide bonds. The molecule has 2 aromatic heterocycles. The van der Waals surface area contributed by atoms with E-state index in [1.807, 2.05) is 4.90 Å². The number of aliphatic carboxylic acids is 1. The molecule has 0 spiro atoms. The van der Waals surface area contributed by atoms with Crippen LogP contribution < -0.4 is 10.2 Å². The maximum atomic E-state index is 13.5. The largest absolute Gasteiger partial charge is 0.481 e. The predicted molar refractivity (Wildman–Crippen MR) is 140 cm³/mol. The molecule has 208 valence electrons. The van der Waals surface area contributed by atoms with Gasteiger partial charge >= 0.3 is 12.1 Å². The van der Waals surface area contributed by atoms with Crippen molar-refractivity contribution in [2.24, 2.45) is 5.41 Å². The third kappa shape index (κ3) is 5.84. The van der Waals surface area contributed by atoms with Crippen LogP contribution in [0.4, 0.5) is 24.7 Å². The summed E-state index contributed by atoms with van der Waals surface area (Å²) < 4.78 is 42.0. The number of nitrogens with zero attached hydrogens (tertiary/aromatic N) is 4. The van der Waals surface area contributed by atoms with Gasteiger partial charge in [0.1, 0.15) is 11.5 Å². The number of anilines is 2. The van der Waals surface area contributed by atoms with Crippen LogP contribution in [0.5, 0.6) is 0 Å². The van der Waals surface area contributed by atoms with E-state index >= 15 is 0 Å². The van der Waals surface area contributed by atoms with Crippen LogP contribution in [0.3, 0.4) is 0 Å². The summed E-state index contributed by atoms with van der Waals surface area (Å²) in [6, 6.07) is 8.52. The maximum absolute atomic E-state index is 13.5. The lowest BCUT2D eigenvalue weighted by Gasteiger charge is -2.36. The number of carboxylic acids is 1. The van der Waals surface area contributed by atoms with Crippen LogP contribution in [0.2, 0.25) is 0 Å². The van der Waals surface area contributed by atoms with Crippen molar-refractivity contribution in [1.82, 2.24) is 14.5 Å². The number of fused-ring (bicyclic) bond motifs is 1. The van der Waals surface area contributed by atoms with Crippen LogP contribution in [0.15, 0.2) is 42.6 Å². The molecule has 0 atom stereocenters. The van der Waals surface area contributed by atoms with Crippen LogP contribution in [0.1, 0.15) is 43.2 Å². The highest BCUT2D eigenvalue weighted by molar-refractivity contribution is 6.06. The number of carbonyl (C=O) groups is 3. The third-order valence-electron chi connectivity index (χ3n) is 6.93. The van der Waals surface area contributed by atoms with E-state index in [2.05, 4.69) is 10.3 Å². The average Bonchev–Trinajstić information content (AvgIpc) is 3.27. The standard InChI is InChI=1S/C27H30F3N5O4/c1-4-35-20-7-5-6-19(27(28,29)30)18(20)14-21(35)24(37)32-17-8-9-22(31-16-17)33-10-12-34(13-11-33)23(36)15-26(2,3)25(38)39/h5-9,14,16H,4,10-13,15H2,1-3H3,(H,32,37)(H,38,39). The molecule has 0 aliphatic carbocycles. The SMILES string of the molecule is CCn1c(C(=O)Nc2ccc(N3CCN(C(=O)CC(C)(C)C(=O)O)CC3)nc2)cc2c(C(F)(F)F)cccc21. The quantitative estimate of drug-likeness (QED) is 0.454. The van der Waals surface area contributed by atoms with Gasteiger partial charge in [-0.05, 0) is 51.1 Å². The highest BCUT2D eigenvalue weighted by atomic mass is 19.4. The number of halogens is 3. The summed E-state index contributed by atoms with van der Waals surface area (Å²) in [6.45, 7) is 6.99. The monoisotopic (exact) mass is 545 g/mol. The summed E-state index contributed by atoms with van der Waals surface area (Å²) >= 11 is 0. The molecule has 1 aliphatic heterocycles. The number of aromatic nitrogens is 2. The number of hydrogen-bond acceptors (Lipinski definition) is 5. The molecule has 39 heavy (non-hydrogen) atoms. The van der Waals surface area contributed by atoms with Crippen molar-refractivity contribution in [2.75, 3.05) is 36.4 Å². The van der Waals surface area contributed by atoms with Gasteiger partial charge in [0.05, 0.1) is 22.9 Å². The Balaban J connectivity index is 1.41. The van der Waals surface area contributed by atoms with Crippen LogP contribution in [-0.2, 0) is 22.3 Å². The van der Waals surface area contributed by atoms with Gasteiger partial charge in [0, 0.05) is 50.0 Å². The maximum Gasteiger partial charge on any atom is 0.417 e. The minimum atomic E-state index is -4.54. The highest BCUT2D eigenvalue weighted by Crippen LogP contribution is 2.36. The van der Waals surface area contributed by atoms with Crippen LogP contribution in [0.25, 0.3) is 10.9 Å². The highest BCUT2D eigenvalue weighted by Gasteiger charge is 2.34. The van der Waals surface area contributed by atoms with Gasteiger partial charge in [0.15, 0.2) is 0 Å². The zero-order chi connectivity index (χ0) is 28.5. The fourth-order valence-electron chi connectivity index (χ4n) is 4.65. The van der Waals surface area contributed by atoms with Crippen LogP contribution in [-0.4, -0.2) is 63.5 Å². The molecule has 0 saturated carbocycles. The van der Waals surface area contributed by atoms with Crippen molar-refractivity contribution >= 4 is 40.2 Å². The first-order chi connectivity index (χ1) is 18.3. The molecule has 3 aromatic rings. The summed E-state index contributed by atoms with van der Waals surface area (Å²) in [6.07, 6.45) is -3.15. The number of rotatable bonds is 7. The van der Waals surface area contributed by atoms with Crippen LogP contribution in [0, 0.1) is 5.41 Å². The molecule has 1 fully saturated rings. The van der Waals surface area contributed by atoms with E-state index in [0.717, 1.165) is 6.07 Å². The minimum Gasteiger partial charge on any atom is -0.481 e. The Morgan fingerprint density at radius 2 is 1.74 bits per heavy atom. The Morgan fingerprint density at radius 3 is 2.31 bits per heavy atom. The van der Waals surface area contributed by atoms with E-state index in [9.17, 15) is 32.7 Å². The Kier molecular flexibility index (Phi) is 7.58. The number of pyridine rings is 1. The first kappa shape index (κ1) is 27.9. The normalized spacial score (nSPS) is 14.5. The second-order valence-electron chi connectivity index (χ2n) is 10.1. The zero-order valence-electron chi connectivity index (χ0n) is 21.9. The van der Waals surface area contributed by atoms with E-state index in [1.165, 1.54) is 32.2 Å². The van der Waals surface area contributed by atoms with Crippen molar-refractivity contribution in [1.29, 1.82) is 0 Å². The lowest BCUT2D eigenvalue weighted by atomic mass is 9.89. The molecule has 1 saturated heterocycles. The average molecular weight is 546 g/mol. The van der Waals surface area contributed by atoms with Crippen molar-refractivity contribution in [3.05, 3.63) is 53.9 Å². The first-order valence-corrected chi connectivity index (χ1v) is 12.5. The second-order valence-corrected chi connectivity index (χ2v) is 10.1. The molecule has 3 heterocycles. The number of aryl methyl sites for hydroxylation is 1. The van der Waals surface area contributed by atoms with Crippen molar-refractivity contribution in [3.8, 4) is 0 Å². The number of piperazine rings is 1. The molecule has 1 aromatic carbocycles. The van der Waals surface area contributed by atoms with Crippen molar-refractivity contribution in [3.63, 3.8) is 0 Å². The molecule has 12 heteroatoms. The lowest BCUT2D eigenvalue weighted by Crippen LogP contribution is -2.50. The molecule has 0 bridgehead atoms. The minimum absolute atomic E-state index is 0.0328. The first-order valence-electron chi connectivity index (χ1n) is 12.5. The number of benzene rings is 1. The third-order valence-corrected chi connectivity index (χ3v) is 6.93. The van der Waals surface area contributed by atoms with Gasteiger partial charge in [-0.3, -0.25) is 14.4 Å². The second kappa shape index (κ2) is 10.6. The Bertz CT molecular complexity index is 1390. The van der Waals surface area contributed by atoms with Gasteiger partial charge in [0.2, 0.25) is 5.91 Å². The molecular weight excluding hydrogens is 515 g/mol. The van der Waals surface area contributed by atoms with Gasteiger partial charge in [-0.15, -0.1) is 0 Å². The van der Waals surface area contributed by atoms with E-state index in [0.29, 0.717) is 49.7 Å². The van der Waals surface area contributed by atoms with Gasteiger partial charge in [-0.1, -0.05) is 6.07 Å². The number of carbonyl (C=O) groups excluding carboxylic acids is 2. The number of alkyl halides is 3. The van der Waals surface area contributed by atoms with E-state index < -0.39 is 29.0 Å². The Labute approximate surface area is 223 Å². The summed E-state index contributed by atoms with van der Waals surface area (Å²) in [5, 5.41) is 11.9. The van der Waals surface area contributed by atoms with Crippen molar-refractivity contribution in [2.45, 2.75) is 39.9 Å². The fraction of sp³-hybridized carbons (Fsp3) is 0.407. The number of carboxylic acid groups (broad SMARTS) is 1. The summed E-state index contributed by atoms with van der Waals surface area (Å²) in [5.41, 5.74) is -1.10. The van der Waals surface area contributed by atoms with Gasteiger partial charge in [-0.25, -0.2) is 4.98 Å². The molecule has 9 nitrogen and oxygen atoms in total. The summed E-state index contributed by atoms with van der Waals surface area (Å²) in [4.78, 5) is 44.9. The number of amides is 2. The Hall–Kier alpha value is -4.09. The van der Waals surface area contributed by atoms with Crippen LogP contribution >= 0.6 is 0 Å². The Morgan fingerprint density at radius 1 is 1.05 bits per heavy atom. The molecular formula is C27H30F3N5O4. The number of nitrogens with one attached hydrogen (secondary N) is 1. The molecule has 0 unspecified atom stereocenters. The van der Waals surface area contributed by atoms with Gasteiger partial charge < -0.3 is 24.8 Å². The van der Waals surface area contributed by atoms with E-state index in [4.69, 9.17) is 0 Å². The summed E-state index contributed by atoms with van der Waals surface area (Å²) in [7, 11) is 0. The molecule has 1 aliphatic rings. The topological polar surface area (TPSA) is 108 Å². The van der Waals surface area contributed by atoms with Crippen molar-refractivity contribution < 1.29 is 32.7 Å². The smallest absolute Gasteiger partial charge is 0.417 e. The molecule has 0 radical (unpaired) electrons. The fourth-order valence-corrected chi connectivity index (χ4v) is 4.65. The molecule has 2 N–H and O–H groups in total. The molecule has 4 rings (SSSR count). The zero-order valence-corrected chi connectivity index (χ0v) is 21.9. The predicted octanol–water partition coefficient (Wildman–Crippen LogP) is 4.48.